The fourth-order valence-electron chi connectivity index (χ4n) is 1.84. The highest BCUT2D eigenvalue weighted by Gasteiger charge is 2.27. The Morgan fingerprint density at radius 3 is 2.22 bits per heavy atom. The predicted molar refractivity (Wildman–Crippen MR) is 72.3 cm³/mol. The summed E-state index contributed by atoms with van der Waals surface area (Å²) in [6.45, 7) is 6.63. The first-order valence-corrected chi connectivity index (χ1v) is 8.10. The van der Waals surface area contributed by atoms with Crippen molar-refractivity contribution in [3.05, 3.63) is 17.6 Å². The van der Waals surface area contributed by atoms with Crippen molar-refractivity contribution >= 4 is 21.6 Å². The lowest BCUT2D eigenvalue weighted by atomic mass is 10.4. The standard InChI is InChI=1S/C12H20ClNO3S/c1-4-6-14(7-5-2)18(15,16)12-8-11(9-13)17-10(12)3/h8H,4-7,9H2,1-3H3. The average molecular weight is 294 g/mol. The minimum atomic E-state index is -3.46. The molecule has 0 unspecified atom stereocenters. The van der Waals surface area contributed by atoms with E-state index in [9.17, 15) is 8.42 Å². The van der Waals surface area contributed by atoms with Gasteiger partial charge in [-0.2, -0.15) is 4.31 Å². The summed E-state index contributed by atoms with van der Waals surface area (Å²) < 4.78 is 31.8. The van der Waals surface area contributed by atoms with Crippen molar-refractivity contribution in [3.8, 4) is 0 Å². The zero-order valence-electron chi connectivity index (χ0n) is 11.1. The van der Waals surface area contributed by atoms with Crippen LogP contribution in [0.25, 0.3) is 0 Å². The van der Waals surface area contributed by atoms with E-state index in [4.69, 9.17) is 16.0 Å². The molecule has 4 nitrogen and oxygen atoms in total. The number of rotatable bonds is 7. The fourth-order valence-corrected chi connectivity index (χ4v) is 3.78. The van der Waals surface area contributed by atoms with Crippen LogP contribution in [-0.2, 0) is 15.9 Å². The first kappa shape index (κ1) is 15.5. The molecule has 1 aromatic rings. The van der Waals surface area contributed by atoms with Crippen LogP contribution < -0.4 is 0 Å². The number of hydrogen-bond acceptors (Lipinski definition) is 3. The van der Waals surface area contributed by atoms with Crippen LogP contribution in [0, 0.1) is 6.92 Å². The van der Waals surface area contributed by atoms with Gasteiger partial charge in [-0.3, -0.25) is 0 Å². The Balaban J connectivity index is 3.12. The van der Waals surface area contributed by atoms with Gasteiger partial charge in [-0.05, 0) is 19.8 Å². The smallest absolute Gasteiger partial charge is 0.246 e. The summed E-state index contributed by atoms with van der Waals surface area (Å²) in [5.74, 6) is 1.07. The lowest BCUT2D eigenvalue weighted by Crippen LogP contribution is -2.32. The van der Waals surface area contributed by atoms with Gasteiger partial charge in [0, 0.05) is 19.2 Å². The third-order valence-electron chi connectivity index (χ3n) is 2.62. The molecule has 104 valence electrons. The van der Waals surface area contributed by atoms with E-state index in [-0.39, 0.29) is 10.8 Å². The van der Waals surface area contributed by atoms with E-state index in [1.807, 2.05) is 13.8 Å². The summed E-state index contributed by atoms with van der Waals surface area (Å²) in [5.41, 5.74) is 0. The first-order chi connectivity index (χ1) is 8.47. The van der Waals surface area contributed by atoms with Crippen molar-refractivity contribution in [2.24, 2.45) is 0 Å². The van der Waals surface area contributed by atoms with Gasteiger partial charge in [0.05, 0.1) is 5.88 Å². The zero-order valence-corrected chi connectivity index (χ0v) is 12.6. The Bertz CT molecular complexity index is 476. The van der Waals surface area contributed by atoms with E-state index in [2.05, 4.69) is 0 Å². The van der Waals surface area contributed by atoms with E-state index >= 15 is 0 Å². The molecule has 1 heterocycles. The van der Waals surface area contributed by atoms with E-state index in [1.54, 1.807) is 6.92 Å². The molecule has 18 heavy (non-hydrogen) atoms. The Morgan fingerprint density at radius 2 is 1.83 bits per heavy atom. The minimum Gasteiger partial charge on any atom is -0.464 e. The van der Waals surface area contributed by atoms with Crippen LogP contribution in [0.15, 0.2) is 15.4 Å². The van der Waals surface area contributed by atoms with E-state index < -0.39 is 10.0 Å². The number of sulfonamides is 1. The largest absolute Gasteiger partial charge is 0.464 e. The van der Waals surface area contributed by atoms with Gasteiger partial charge in [0.15, 0.2) is 0 Å². The number of alkyl halides is 1. The molecule has 0 N–H and O–H groups in total. The fraction of sp³-hybridized carbons (Fsp3) is 0.667. The average Bonchev–Trinajstić information content (AvgIpc) is 2.71. The van der Waals surface area contributed by atoms with Crippen molar-refractivity contribution in [1.29, 1.82) is 0 Å². The van der Waals surface area contributed by atoms with Gasteiger partial charge >= 0.3 is 0 Å². The van der Waals surface area contributed by atoms with Crippen LogP contribution in [0.3, 0.4) is 0 Å². The first-order valence-electron chi connectivity index (χ1n) is 6.12. The van der Waals surface area contributed by atoms with Gasteiger partial charge < -0.3 is 4.42 Å². The van der Waals surface area contributed by atoms with Crippen molar-refractivity contribution in [3.63, 3.8) is 0 Å². The van der Waals surface area contributed by atoms with Gasteiger partial charge in [-0.25, -0.2) is 8.42 Å². The highest BCUT2D eigenvalue weighted by Crippen LogP contribution is 2.24. The highest BCUT2D eigenvalue weighted by atomic mass is 35.5. The van der Waals surface area contributed by atoms with Crippen LogP contribution >= 0.6 is 11.6 Å². The van der Waals surface area contributed by atoms with Crippen molar-refractivity contribution in [2.45, 2.75) is 44.4 Å². The SMILES string of the molecule is CCCN(CCC)S(=O)(=O)c1cc(CCl)oc1C. The molecular formula is C12H20ClNO3S. The molecule has 0 fully saturated rings. The summed E-state index contributed by atoms with van der Waals surface area (Å²) in [5, 5.41) is 0. The molecule has 1 rings (SSSR count). The third-order valence-corrected chi connectivity index (χ3v) is 4.89. The number of aryl methyl sites for hydroxylation is 1. The second-order valence-electron chi connectivity index (χ2n) is 4.17. The lowest BCUT2D eigenvalue weighted by molar-refractivity contribution is 0.407. The minimum absolute atomic E-state index is 0.178. The van der Waals surface area contributed by atoms with E-state index in [0.29, 0.717) is 24.6 Å². The normalized spacial score (nSPS) is 12.3. The Hall–Kier alpha value is -0.520. The second-order valence-corrected chi connectivity index (χ2v) is 6.34. The molecule has 6 heteroatoms. The van der Waals surface area contributed by atoms with Crippen molar-refractivity contribution < 1.29 is 12.8 Å². The second kappa shape index (κ2) is 6.59. The highest BCUT2D eigenvalue weighted by molar-refractivity contribution is 7.89. The molecule has 1 aromatic heterocycles. The lowest BCUT2D eigenvalue weighted by Gasteiger charge is -2.20. The maximum Gasteiger partial charge on any atom is 0.246 e. The molecule has 0 aliphatic rings. The summed E-state index contributed by atoms with van der Waals surface area (Å²) in [6, 6.07) is 1.52. The van der Waals surface area contributed by atoms with Crippen LogP contribution in [0.1, 0.15) is 38.2 Å². The van der Waals surface area contributed by atoms with Crippen LogP contribution in [0.2, 0.25) is 0 Å². The van der Waals surface area contributed by atoms with Gasteiger partial charge in [0.25, 0.3) is 0 Å². The van der Waals surface area contributed by atoms with Crippen molar-refractivity contribution in [2.75, 3.05) is 13.1 Å². The van der Waals surface area contributed by atoms with Crippen LogP contribution in [-0.4, -0.2) is 25.8 Å². The molecule has 0 aliphatic carbocycles. The predicted octanol–water partition coefficient (Wildman–Crippen LogP) is 3.14. The van der Waals surface area contributed by atoms with Gasteiger partial charge in [-0.15, -0.1) is 11.6 Å². The maximum absolute atomic E-state index is 12.5. The van der Waals surface area contributed by atoms with E-state index in [0.717, 1.165) is 12.8 Å². The Kier molecular flexibility index (Phi) is 5.69. The molecule has 0 atom stereocenters. The summed E-state index contributed by atoms with van der Waals surface area (Å²) in [6.07, 6.45) is 1.58. The molecule has 0 saturated heterocycles. The maximum atomic E-state index is 12.5. The molecular weight excluding hydrogens is 274 g/mol. The number of hydrogen-bond donors (Lipinski definition) is 0. The van der Waals surface area contributed by atoms with Gasteiger partial charge in [0.1, 0.15) is 16.4 Å². The van der Waals surface area contributed by atoms with Crippen molar-refractivity contribution in [1.82, 2.24) is 4.31 Å². The molecule has 0 radical (unpaired) electrons. The number of halogens is 1. The molecule has 0 aromatic carbocycles. The number of furan rings is 1. The summed E-state index contributed by atoms with van der Waals surface area (Å²) >= 11 is 5.66. The topological polar surface area (TPSA) is 50.5 Å². The van der Waals surface area contributed by atoms with Gasteiger partial charge in [-0.1, -0.05) is 13.8 Å². The molecule has 0 saturated carbocycles. The molecule has 0 aliphatic heterocycles. The summed E-state index contributed by atoms with van der Waals surface area (Å²) in [7, 11) is -3.46. The molecule has 0 amide bonds. The Labute approximate surface area is 114 Å². The number of nitrogens with zero attached hydrogens (tertiary/aromatic N) is 1. The quantitative estimate of drug-likeness (QED) is 0.726. The molecule has 0 spiro atoms. The monoisotopic (exact) mass is 293 g/mol. The molecule has 0 bridgehead atoms. The third kappa shape index (κ3) is 3.28. The van der Waals surface area contributed by atoms with Crippen LogP contribution in [0.5, 0.6) is 0 Å². The summed E-state index contributed by atoms with van der Waals surface area (Å²) in [4.78, 5) is 0.236. The Morgan fingerprint density at radius 1 is 1.28 bits per heavy atom. The van der Waals surface area contributed by atoms with Crippen LogP contribution in [0.4, 0.5) is 0 Å². The zero-order chi connectivity index (χ0) is 13.8. The van der Waals surface area contributed by atoms with E-state index in [1.165, 1.54) is 10.4 Å². The van der Waals surface area contributed by atoms with Gasteiger partial charge in [0.2, 0.25) is 10.0 Å².